The van der Waals surface area contributed by atoms with Gasteiger partial charge >= 0.3 is 0 Å². The molecular weight excluding hydrogens is 252 g/mol. The number of hydrogen-bond acceptors (Lipinski definition) is 2. The van der Waals surface area contributed by atoms with Crippen molar-refractivity contribution in [2.75, 3.05) is 13.1 Å². The molecule has 2 aliphatic heterocycles. The van der Waals surface area contributed by atoms with Gasteiger partial charge in [0.05, 0.1) is 0 Å². The van der Waals surface area contributed by atoms with Gasteiger partial charge in [-0.1, -0.05) is 33.6 Å². The van der Waals surface area contributed by atoms with Gasteiger partial charge in [-0.2, -0.15) is 0 Å². The Kier molecular flexibility index (Phi) is 5.06. The zero-order valence-electron chi connectivity index (χ0n) is 13.1. The van der Waals surface area contributed by atoms with Crippen LogP contribution in [-0.4, -0.2) is 46.8 Å². The predicted molar refractivity (Wildman–Crippen MR) is 79.2 cm³/mol. The fourth-order valence-electron chi connectivity index (χ4n) is 3.51. The molecule has 0 bridgehead atoms. The Morgan fingerprint density at radius 3 is 2.55 bits per heavy atom. The second-order valence-corrected chi connectivity index (χ2v) is 6.47. The Balaban J connectivity index is 2.17. The Bertz CT molecular complexity index is 367. The summed E-state index contributed by atoms with van der Waals surface area (Å²) >= 11 is 0. The molecule has 0 N–H and O–H groups in total. The molecule has 0 aromatic rings. The number of hydrogen-bond donors (Lipinski definition) is 0. The fraction of sp³-hybridized carbons (Fsp3) is 0.875. The molecule has 0 aromatic heterocycles. The number of unbranched alkanes of at least 4 members (excludes halogenated alkanes) is 2. The van der Waals surface area contributed by atoms with Crippen LogP contribution < -0.4 is 0 Å². The Morgan fingerprint density at radius 1 is 1.15 bits per heavy atom. The first-order valence-electron chi connectivity index (χ1n) is 8.19. The normalized spacial score (nSPS) is 27.2. The molecule has 2 unspecified atom stereocenters. The summed E-state index contributed by atoms with van der Waals surface area (Å²) in [5, 5.41) is 0. The molecule has 0 saturated carbocycles. The van der Waals surface area contributed by atoms with Crippen molar-refractivity contribution in [3.05, 3.63) is 0 Å². The molecule has 2 amide bonds. The van der Waals surface area contributed by atoms with Gasteiger partial charge in [-0.05, 0) is 31.6 Å². The van der Waals surface area contributed by atoms with E-state index in [1.54, 1.807) is 0 Å². The average molecular weight is 280 g/mol. The van der Waals surface area contributed by atoms with Gasteiger partial charge < -0.3 is 9.80 Å². The molecule has 2 atom stereocenters. The molecule has 2 saturated heterocycles. The van der Waals surface area contributed by atoms with E-state index in [1.807, 2.05) is 23.6 Å². The quantitative estimate of drug-likeness (QED) is 0.726. The highest BCUT2D eigenvalue weighted by atomic mass is 16.2. The lowest BCUT2D eigenvalue weighted by Crippen LogP contribution is -2.67. The topological polar surface area (TPSA) is 40.6 Å². The zero-order valence-corrected chi connectivity index (χ0v) is 13.1. The molecule has 2 rings (SSSR count). The molecule has 0 radical (unpaired) electrons. The fourth-order valence-corrected chi connectivity index (χ4v) is 3.51. The summed E-state index contributed by atoms with van der Waals surface area (Å²) < 4.78 is 0. The minimum absolute atomic E-state index is 0.173. The number of rotatable bonds is 5. The van der Waals surface area contributed by atoms with Crippen LogP contribution in [0.2, 0.25) is 0 Å². The van der Waals surface area contributed by atoms with Gasteiger partial charge in [0.1, 0.15) is 12.1 Å². The van der Waals surface area contributed by atoms with Crippen molar-refractivity contribution in [3.8, 4) is 0 Å². The minimum atomic E-state index is -0.242. The third-order valence-corrected chi connectivity index (χ3v) is 4.58. The maximum Gasteiger partial charge on any atom is 0.246 e. The molecular formula is C16H28N2O2. The smallest absolute Gasteiger partial charge is 0.246 e. The van der Waals surface area contributed by atoms with Crippen molar-refractivity contribution in [1.82, 2.24) is 9.80 Å². The van der Waals surface area contributed by atoms with Crippen LogP contribution in [0.25, 0.3) is 0 Å². The number of piperazine rings is 1. The first-order valence-corrected chi connectivity index (χ1v) is 8.19. The number of carbonyl (C=O) groups is 2. The van der Waals surface area contributed by atoms with E-state index >= 15 is 0 Å². The van der Waals surface area contributed by atoms with Crippen LogP contribution in [-0.2, 0) is 9.59 Å². The van der Waals surface area contributed by atoms with Gasteiger partial charge in [0.2, 0.25) is 11.8 Å². The predicted octanol–water partition coefficient (Wildman–Crippen LogP) is 2.42. The van der Waals surface area contributed by atoms with E-state index in [2.05, 4.69) is 6.92 Å². The lowest BCUT2D eigenvalue weighted by molar-refractivity contribution is -0.165. The van der Waals surface area contributed by atoms with Crippen molar-refractivity contribution in [3.63, 3.8) is 0 Å². The molecule has 4 nitrogen and oxygen atoms in total. The van der Waals surface area contributed by atoms with E-state index in [1.165, 1.54) is 0 Å². The molecule has 0 spiro atoms. The maximum atomic E-state index is 12.7. The Labute approximate surface area is 122 Å². The monoisotopic (exact) mass is 280 g/mol. The van der Waals surface area contributed by atoms with Crippen molar-refractivity contribution >= 4 is 11.8 Å². The number of fused-ring (bicyclic) bond motifs is 1. The number of nitrogens with zero attached hydrogens (tertiary/aromatic N) is 2. The largest absolute Gasteiger partial charge is 0.329 e. The van der Waals surface area contributed by atoms with Crippen LogP contribution in [0.4, 0.5) is 0 Å². The number of carbonyl (C=O) groups excluding carboxylic acids is 2. The van der Waals surface area contributed by atoms with E-state index in [-0.39, 0.29) is 29.8 Å². The Morgan fingerprint density at radius 2 is 1.90 bits per heavy atom. The first-order chi connectivity index (χ1) is 9.57. The van der Waals surface area contributed by atoms with E-state index in [4.69, 9.17) is 0 Å². The molecule has 4 heteroatoms. The lowest BCUT2D eigenvalue weighted by atomic mass is 9.90. The summed E-state index contributed by atoms with van der Waals surface area (Å²) in [5.74, 6) is 0.566. The van der Waals surface area contributed by atoms with Crippen LogP contribution in [0.3, 0.4) is 0 Å². The summed E-state index contributed by atoms with van der Waals surface area (Å²) in [6.07, 6.45) is 6.21. The standard InChI is InChI=1S/C16H28N2O2/c1-4-5-7-11-18-14(12(2)3)16(20)17-10-8-6-9-13(17)15(18)19/h12-14H,4-11H2,1-3H3. The molecule has 2 heterocycles. The zero-order chi connectivity index (χ0) is 14.7. The van der Waals surface area contributed by atoms with Gasteiger partial charge in [0.15, 0.2) is 0 Å². The van der Waals surface area contributed by atoms with Crippen molar-refractivity contribution in [2.45, 2.75) is 71.4 Å². The molecule has 0 aromatic carbocycles. The highest BCUT2D eigenvalue weighted by Gasteiger charge is 2.47. The average Bonchev–Trinajstić information content (AvgIpc) is 2.44. The number of amides is 2. The third-order valence-electron chi connectivity index (χ3n) is 4.58. The van der Waals surface area contributed by atoms with Crippen LogP contribution in [0.1, 0.15) is 59.3 Å². The highest BCUT2D eigenvalue weighted by Crippen LogP contribution is 2.29. The van der Waals surface area contributed by atoms with E-state index in [0.717, 1.165) is 51.6 Å². The summed E-state index contributed by atoms with van der Waals surface area (Å²) in [7, 11) is 0. The third kappa shape index (κ3) is 2.84. The number of piperidine rings is 1. The van der Waals surface area contributed by atoms with Crippen LogP contribution in [0.5, 0.6) is 0 Å². The van der Waals surface area contributed by atoms with Gasteiger partial charge in [-0.25, -0.2) is 0 Å². The van der Waals surface area contributed by atoms with Crippen molar-refractivity contribution in [1.29, 1.82) is 0 Å². The highest BCUT2D eigenvalue weighted by molar-refractivity contribution is 5.97. The van der Waals surface area contributed by atoms with E-state index < -0.39 is 0 Å². The summed E-state index contributed by atoms with van der Waals surface area (Å²) in [5.41, 5.74) is 0. The molecule has 2 fully saturated rings. The summed E-state index contributed by atoms with van der Waals surface area (Å²) in [4.78, 5) is 29.2. The van der Waals surface area contributed by atoms with Gasteiger partial charge in [-0.15, -0.1) is 0 Å². The van der Waals surface area contributed by atoms with Crippen molar-refractivity contribution in [2.24, 2.45) is 5.92 Å². The van der Waals surface area contributed by atoms with E-state index in [0.29, 0.717) is 0 Å². The minimum Gasteiger partial charge on any atom is -0.329 e. The molecule has 0 aliphatic carbocycles. The molecule has 114 valence electrons. The SMILES string of the molecule is CCCCCN1C(=O)C2CCCCN2C(=O)C1C(C)C. The molecule has 20 heavy (non-hydrogen) atoms. The summed E-state index contributed by atoms with van der Waals surface area (Å²) in [6.45, 7) is 7.76. The summed E-state index contributed by atoms with van der Waals surface area (Å²) in [6, 6.07) is -0.415. The van der Waals surface area contributed by atoms with Crippen LogP contribution in [0, 0.1) is 5.92 Å². The Hall–Kier alpha value is -1.06. The van der Waals surface area contributed by atoms with Crippen LogP contribution >= 0.6 is 0 Å². The van der Waals surface area contributed by atoms with Gasteiger partial charge in [0, 0.05) is 13.1 Å². The van der Waals surface area contributed by atoms with Gasteiger partial charge in [0.25, 0.3) is 0 Å². The van der Waals surface area contributed by atoms with Crippen molar-refractivity contribution < 1.29 is 9.59 Å². The van der Waals surface area contributed by atoms with Crippen LogP contribution in [0.15, 0.2) is 0 Å². The lowest BCUT2D eigenvalue weighted by Gasteiger charge is -2.48. The maximum absolute atomic E-state index is 12.7. The van der Waals surface area contributed by atoms with Gasteiger partial charge in [-0.3, -0.25) is 9.59 Å². The second-order valence-electron chi connectivity index (χ2n) is 6.47. The molecule has 2 aliphatic rings. The second kappa shape index (κ2) is 6.59. The van der Waals surface area contributed by atoms with E-state index in [9.17, 15) is 9.59 Å². The first kappa shape index (κ1) is 15.3.